The minimum atomic E-state index is 0.724. The van der Waals surface area contributed by atoms with E-state index in [2.05, 4.69) is 5.32 Å². The lowest BCUT2D eigenvalue weighted by molar-refractivity contribution is 1.43. The number of hydrogen-bond acceptors (Lipinski definition) is 1. The van der Waals surface area contributed by atoms with Crippen LogP contribution in [-0.4, -0.2) is 0 Å². The molecule has 0 unspecified atom stereocenters. The summed E-state index contributed by atoms with van der Waals surface area (Å²) in [6.45, 7) is 2.04. The Bertz CT molecular complexity index is 492. The molecule has 0 aliphatic rings. The van der Waals surface area contributed by atoms with Gasteiger partial charge in [0.25, 0.3) is 0 Å². The average Bonchev–Trinajstić information content (AvgIpc) is 2.27. The van der Waals surface area contributed by atoms with E-state index in [-0.39, 0.29) is 0 Å². The van der Waals surface area contributed by atoms with Crippen molar-refractivity contribution >= 4 is 34.6 Å². The first kappa shape index (κ1) is 11.3. The van der Waals surface area contributed by atoms with Crippen molar-refractivity contribution in [2.75, 3.05) is 5.32 Å². The number of hydrogen-bond donors (Lipinski definition) is 1. The molecule has 3 heteroatoms. The third-order valence-corrected chi connectivity index (χ3v) is 2.81. The molecule has 2 aromatic rings. The zero-order chi connectivity index (χ0) is 11.5. The first-order valence-corrected chi connectivity index (χ1v) is 5.69. The largest absolute Gasteiger partial charge is 0.355 e. The molecule has 0 amide bonds. The second-order valence-corrected chi connectivity index (χ2v) is 4.46. The highest BCUT2D eigenvalue weighted by molar-refractivity contribution is 6.31. The van der Waals surface area contributed by atoms with Crippen molar-refractivity contribution in [3.8, 4) is 0 Å². The van der Waals surface area contributed by atoms with Crippen molar-refractivity contribution in [1.29, 1.82) is 0 Å². The fourth-order valence-electron chi connectivity index (χ4n) is 1.42. The van der Waals surface area contributed by atoms with Crippen LogP contribution in [0.2, 0.25) is 10.0 Å². The zero-order valence-corrected chi connectivity index (χ0v) is 10.3. The highest BCUT2D eigenvalue weighted by Crippen LogP contribution is 2.24. The van der Waals surface area contributed by atoms with Gasteiger partial charge in [0.15, 0.2) is 0 Å². The van der Waals surface area contributed by atoms with Crippen LogP contribution in [-0.2, 0) is 0 Å². The van der Waals surface area contributed by atoms with Gasteiger partial charge in [0.2, 0.25) is 0 Å². The maximum absolute atomic E-state index is 5.95. The zero-order valence-electron chi connectivity index (χ0n) is 8.80. The topological polar surface area (TPSA) is 12.0 Å². The van der Waals surface area contributed by atoms with E-state index in [1.807, 2.05) is 49.4 Å². The van der Waals surface area contributed by atoms with Gasteiger partial charge in [-0.15, -0.1) is 0 Å². The lowest BCUT2D eigenvalue weighted by Crippen LogP contribution is -1.92. The summed E-state index contributed by atoms with van der Waals surface area (Å²) < 4.78 is 0. The monoisotopic (exact) mass is 251 g/mol. The van der Waals surface area contributed by atoms with Gasteiger partial charge in [-0.3, -0.25) is 0 Å². The summed E-state index contributed by atoms with van der Waals surface area (Å²) in [4.78, 5) is 0. The normalized spacial score (nSPS) is 10.2. The molecule has 0 bridgehead atoms. The molecule has 1 N–H and O–H groups in total. The Kier molecular flexibility index (Phi) is 3.37. The molecular weight excluding hydrogens is 241 g/mol. The van der Waals surface area contributed by atoms with Crippen molar-refractivity contribution in [3.05, 3.63) is 58.1 Å². The Morgan fingerprint density at radius 2 is 1.50 bits per heavy atom. The quantitative estimate of drug-likeness (QED) is 0.788. The lowest BCUT2D eigenvalue weighted by atomic mass is 10.2. The predicted molar refractivity (Wildman–Crippen MR) is 70.9 cm³/mol. The Balaban J connectivity index is 2.26. The molecule has 0 atom stereocenters. The molecule has 2 rings (SSSR count). The molecule has 0 aliphatic heterocycles. The highest BCUT2D eigenvalue weighted by atomic mass is 35.5. The number of benzene rings is 2. The number of nitrogens with one attached hydrogen (secondary N) is 1. The van der Waals surface area contributed by atoms with E-state index in [4.69, 9.17) is 23.2 Å². The number of aryl methyl sites for hydroxylation is 1. The molecule has 16 heavy (non-hydrogen) atoms. The Morgan fingerprint density at radius 1 is 0.875 bits per heavy atom. The molecule has 1 nitrogen and oxygen atoms in total. The fraction of sp³-hybridized carbons (Fsp3) is 0.0769. The summed E-state index contributed by atoms with van der Waals surface area (Å²) >= 11 is 11.8. The number of anilines is 2. The average molecular weight is 252 g/mol. The third kappa shape index (κ3) is 2.69. The second-order valence-electron chi connectivity index (χ2n) is 3.59. The molecule has 0 radical (unpaired) electrons. The van der Waals surface area contributed by atoms with Crippen LogP contribution in [0.3, 0.4) is 0 Å². The molecule has 0 heterocycles. The van der Waals surface area contributed by atoms with Gasteiger partial charge in [0.05, 0.1) is 0 Å². The SMILES string of the molecule is Cc1ccc(Cl)cc1Nc1ccc(Cl)cc1. The van der Waals surface area contributed by atoms with Crippen LogP contribution < -0.4 is 5.32 Å². The summed E-state index contributed by atoms with van der Waals surface area (Å²) in [5.74, 6) is 0. The van der Waals surface area contributed by atoms with E-state index in [0.29, 0.717) is 0 Å². The number of rotatable bonds is 2. The van der Waals surface area contributed by atoms with E-state index < -0.39 is 0 Å². The predicted octanol–water partition coefficient (Wildman–Crippen LogP) is 5.05. The molecular formula is C13H11Cl2N. The maximum Gasteiger partial charge on any atom is 0.0428 e. The summed E-state index contributed by atoms with van der Waals surface area (Å²) in [6, 6.07) is 13.3. The molecule has 0 fully saturated rings. The highest BCUT2D eigenvalue weighted by Gasteiger charge is 2.00. The molecule has 2 aromatic carbocycles. The summed E-state index contributed by atoms with van der Waals surface area (Å²) in [7, 11) is 0. The Hall–Kier alpha value is -1.18. The van der Waals surface area contributed by atoms with Crippen LogP contribution in [0.4, 0.5) is 11.4 Å². The van der Waals surface area contributed by atoms with E-state index >= 15 is 0 Å². The Morgan fingerprint density at radius 3 is 2.19 bits per heavy atom. The van der Waals surface area contributed by atoms with Crippen LogP contribution in [0.15, 0.2) is 42.5 Å². The van der Waals surface area contributed by atoms with Gasteiger partial charge in [-0.25, -0.2) is 0 Å². The first-order valence-electron chi connectivity index (χ1n) is 4.94. The molecule has 0 spiro atoms. The van der Waals surface area contributed by atoms with Gasteiger partial charge in [-0.2, -0.15) is 0 Å². The van der Waals surface area contributed by atoms with Crippen molar-refractivity contribution in [2.24, 2.45) is 0 Å². The van der Waals surface area contributed by atoms with Crippen molar-refractivity contribution < 1.29 is 0 Å². The smallest absolute Gasteiger partial charge is 0.0428 e. The van der Waals surface area contributed by atoms with Crippen molar-refractivity contribution in [1.82, 2.24) is 0 Å². The summed E-state index contributed by atoms with van der Waals surface area (Å²) in [5, 5.41) is 4.75. The second kappa shape index (κ2) is 4.77. The molecule has 0 aromatic heterocycles. The Labute approximate surface area is 105 Å². The maximum atomic E-state index is 5.95. The minimum absolute atomic E-state index is 0.724. The van der Waals surface area contributed by atoms with Gasteiger partial charge in [0.1, 0.15) is 0 Å². The molecule has 0 aliphatic carbocycles. The molecule has 0 saturated heterocycles. The van der Waals surface area contributed by atoms with Crippen LogP contribution in [0.5, 0.6) is 0 Å². The van der Waals surface area contributed by atoms with Gasteiger partial charge >= 0.3 is 0 Å². The lowest BCUT2D eigenvalue weighted by Gasteiger charge is -2.09. The van der Waals surface area contributed by atoms with Crippen molar-refractivity contribution in [3.63, 3.8) is 0 Å². The van der Waals surface area contributed by atoms with Crippen LogP contribution >= 0.6 is 23.2 Å². The molecule has 82 valence electrons. The van der Waals surface area contributed by atoms with E-state index in [0.717, 1.165) is 27.0 Å². The van der Waals surface area contributed by atoms with Gasteiger partial charge in [0, 0.05) is 21.4 Å². The fourth-order valence-corrected chi connectivity index (χ4v) is 1.72. The van der Waals surface area contributed by atoms with E-state index in [9.17, 15) is 0 Å². The van der Waals surface area contributed by atoms with E-state index in [1.165, 1.54) is 0 Å². The third-order valence-electron chi connectivity index (χ3n) is 2.32. The van der Waals surface area contributed by atoms with Crippen LogP contribution in [0, 0.1) is 6.92 Å². The van der Waals surface area contributed by atoms with Gasteiger partial charge in [-0.1, -0.05) is 29.3 Å². The van der Waals surface area contributed by atoms with Gasteiger partial charge in [-0.05, 0) is 48.9 Å². The standard InChI is InChI=1S/C13H11Cl2N/c1-9-2-3-11(15)8-13(9)16-12-6-4-10(14)5-7-12/h2-8,16H,1H3. The van der Waals surface area contributed by atoms with Crippen LogP contribution in [0.1, 0.15) is 5.56 Å². The van der Waals surface area contributed by atoms with E-state index in [1.54, 1.807) is 0 Å². The summed E-state index contributed by atoms with van der Waals surface area (Å²) in [5.41, 5.74) is 3.16. The number of halogens is 2. The minimum Gasteiger partial charge on any atom is -0.355 e. The first-order chi connectivity index (χ1) is 7.65. The van der Waals surface area contributed by atoms with Crippen molar-refractivity contribution in [2.45, 2.75) is 6.92 Å². The summed E-state index contributed by atoms with van der Waals surface area (Å²) in [6.07, 6.45) is 0. The van der Waals surface area contributed by atoms with Crippen LogP contribution in [0.25, 0.3) is 0 Å². The van der Waals surface area contributed by atoms with Gasteiger partial charge < -0.3 is 5.32 Å². The molecule has 0 saturated carbocycles.